The van der Waals surface area contributed by atoms with Gasteiger partial charge in [0.05, 0.1) is 21.1 Å². The van der Waals surface area contributed by atoms with Crippen molar-refractivity contribution in [1.82, 2.24) is 0 Å². The summed E-state index contributed by atoms with van der Waals surface area (Å²) < 4.78 is 12.1. The summed E-state index contributed by atoms with van der Waals surface area (Å²) in [6.45, 7) is 2.28. The van der Waals surface area contributed by atoms with Crippen LogP contribution in [0.5, 0.6) is 0 Å². The lowest BCUT2D eigenvalue weighted by atomic mass is 10.0. The zero-order valence-electron chi connectivity index (χ0n) is 23.6. The largest absolute Gasteiger partial charge is 0.373 e. The van der Waals surface area contributed by atoms with Crippen molar-refractivity contribution in [2.75, 3.05) is 27.7 Å². The van der Waals surface area contributed by atoms with Gasteiger partial charge in [-0.2, -0.15) is 0 Å². The van der Waals surface area contributed by atoms with Crippen LogP contribution >= 0.6 is 7.60 Å². The molecule has 0 amide bonds. The van der Waals surface area contributed by atoms with E-state index in [4.69, 9.17) is 0 Å². The molecule has 0 aromatic rings. The van der Waals surface area contributed by atoms with Gasteiger partial charge in [-0.15, -0.1) is 0 Å². The molecule has 1 atom stereocenters. The summed E-state index contributed by atoms with van der Waals surface area (Å²) >= 11 is 0. The molecule has 35 heavy (non-hydrogen) atoms. The van der Waals surface area contributed by atoms with Crippen LogP contribution in [0.1, 0.15) is 129 Å². The third-order valence-electron chi connectivity index (χ3n) is 6.50. The summed E-state index contributed by atoms with van der Waals surface area (Å²) in [4.78, 5) is 19.2. The van der Waals surface area contributed by atoms with E-state index in [1.165, 1.54) is 96.3 Å². The number of aliphatic hydroxyl groups is 1. The van der Waals surface area contributed by atoms with E-state index in [0.717, 1.165) is 12.8 Å². The number of likely N-dealkylation sites (N-methyl/N-ethyl adjacent to an activating group) is 1. The minimum atomic E-state index is -4.55. The molecule has 3 N–H and O–H groups in total. The average Bonchev–Trinajstić information content (AvgIpc) is 2.75. The molecule has 0 aromatic carbocycles. The fraction of sp³-hybridized carbons (Fsp3) is 0.862. The molecule has 0 saturated heterocycles. The quantitative estimate of drug-likeness (QED) is 0.0524. The highest BCUT2D eigenvalue weighted by molar-refractivity contribution is 7.53. The van der Waals surface area contributed by atoms with Crippen molar-refractivity contribution in [2.24, 2.45) is 0 Å². The normalized spacial score (nSPS) is 14.8. The Bertz CT molecular complexity index is 594. The summed E-state index contributed by atoms with van der Waals surface area (Å²) in [6, 6.07) is 0. The van der Waals surface area contributed by atoms with E-state index in [1.54, 1.807) is 0 Å². The van der Waals surface area contributed by atoms with Crippen molar-refractivity contribution in [3.8, 4) is 0 Å². The molecule has 6 heteroatoms. The van der Waals surface area contributed by atoms with Crippen LogP contribution in [0.15, 0.2) is 24.3 Å². The molecule has 208 valence electrons. The van der Waals surface area contributed by atoms with Crippen molar-refractivity contribution >= 4 is 7.60 Å². The van der Waals surface area contributed by atoms with Crippen molar-refractivity contribution in [3.63, 3.8) is 0 Å². The van der Waals surface area contributed by atoms with Gasteiger partial charge in [0.2, 0.25) is 5.34 Å². The first-order chi connectivity index (χ1) is 16.5. The Labute approximate surface area is 217 Å². The summed E-state index contributed by atoms with van der Waals surface area (Å²) in [5, 5.41) is 8.65. The van der Waals surface area contributed by atoms with Gasteiger partial charge < -0.3 is 19.4 Å². The second-order valence-corrected chi connectivity index (χ2v) is 13.3. The first-order valence-electron chi connectivity index (χ1n) is 14.4. The van der Waals surface area contributed by atoms with Crippen LogP contribution in [0.4, 0.5) is 0 Å². The molecule has 1 unspecified atom stereocenters. The number of quaternary nitrogens is 1. The summed E-state index contributed by atoms with van der Waals surface area (Å²) in [6.07, 6.45) is 31.3. The molecule has 0 aromatic heterocycles. The van der Waals surface area contributed by atoms with Crippen molar-refractivity contribution in [1.29, 1.82) is 0 Å². The highest BCUT2D eigenvalue weighted by atomic mass is 31.2. The van der Waals surface area contributed by atoms with Gasteiger partial charge in [0, 0.05) is 0 Å². The topological polar surface area (TPSA) is 77.8 Å². The van der Waals surface area contributed by atoms with Crippen LogP contribution < -0.4 is 0 Å². The number of rotatable bonds is 24. The Hall–Kier alpha value is -0.450. The number of hydrogen-bond acceptors (Lipinski definition) is 2. The Morgan fingerprint density at radius 1 is 0.629 bits per heavy atom. The van der Waals surface area contributed by atoms with Crippen LogP contribution in [0.2, 0.25) is 0 Å². The first-order valence-corrected chi connectivity index (χ1v) is 16.0. The van der Waals surface area contributed by atoms with Gasteiger partial charge in [-0.05, 0) is 57.8 Å². The molecule has 0 aliphatic rings. The second kappa shape index (κ2) is 20.6. The third kappa shape index (κ3) is 21.4. The van der Waals surface area contributed by atoms with Crippen LogP contribution in [-0.2, 0) is 4.57 Å². The lowest BCUT2D eigenvalue weighted by Gasteiger charge is -2.35. The Kier molecular flexibility index (Phi) is 20.3. The second-order valence-electron chi connectivity index (χ2n) is 11.4. The van der Waals surface area contributed by atoms with Gasteiger partial charge in [-0.25, -0.2) is 0 Å². The Morgan fingerprint density at radius 3 is 1.31 bits per heavy atom. The molecule has 0 saturated carbocycles. The summed E-state index contributed by atoms with van der Waals surface area (Å²) in [7, 11) is 0.976. The minimum absolute atomic E-state index is 0.0593. The number of nitrogens with zero attached hydrogens (tertiary/aromatic N) is 1. The third-order valence-corrected chi connectivity index (χ3v) is 7.95. The molecular weight excluding hydrogens is 457 g/mol. The lowest BCUT2D eigenvalue weighted by Crippen LogP contribution is -2.49. The number of hydrogen-bond donors (Lipinski definition) is 3. The predicted molar refractivity (Wildman–Crippen MR) is 152 cm³/mol. The fourth-order valence-electron chi connectivity index (χ4n) is 4.50. The molecule has 5 nitrogen and oxygen atoms in total. The molecule has 0 heterocycles. The van der Waals surface area contributed by atoms with Crippen molar-refractivity contribution < 1.29 is 23.9 Å². The standard InChI is InChI=1S/C29H58NO4P/c1-5-6-7-8-9-10-11-12-13-14-15-16-17-18-19-20-21-22-23-24-25-26-27-29(31,35(32,33)34)28-30(2,3)4/h7-8,15-16,31H,5-6,9-14,17-28H2,1-4H3,(H-,32,33,34)/p+1/b8-7-,16-15-. The minimum Gasteiger partial charge on any atom is -0.373 e. The summed E-state index contributed by atoms with van der Waals surface area (Å²) in [5.41, 5.74) is 0. The zero-order valence-corrected chi connectivity index (χ0v) is 24.5. The van der Waals surface area contributed by atoms with Crippen LogP contribution in [-0.4, -0.2) is 52.4 Å². The highest BCUT2D eigenvalue weighted by Crippen LogP contribution is 2.52. The molecule has 0 bridgehead atoms. The highest BCUT2D eigenvalue weighted by Gasteiger charge is 2.48. The molecule has 0 aliphatic heterocycles. The first kappa shape index (κ1) is 34.6. The molecule has 0 aliphatic carbocycles. The smallest absolute Gasteiger partial charge is 0.362 e. The van der Waals surface area contributed by atoms with E-state index in [1.807, 2.05) is 21.1 Å². The molecular formula is C29H59NO4P+. The maximum Gasteiger partial charge on any atom is 0.362 e. The van der Waals surface area contributed by atoms with E-state index >= 15 is 0 Å². The molecule has 0 rings (SSSR count). The maximum atomic E-state index is 11.8. The SMILES string of the molecule is CCC/C=C\CCCCCC/C=C\CCCCCCCCCCCC(O)(C[N+](C)(C)C)P(=O)(O)O. The number of unbranched alkanes of at least 4 members (excludes halogenated alkanes) is 15. The van der Waals surface area contributed by atoms with E-state index < -0.39 is 12.9 Å². The Balaban J connectivity index is 3.54. The fourth-order valence-corrected chi connectivity index (χ4v) is 5.56. The van der Waals surface area contributed by atoms with Crippen LogP contribution in [0.3, 0.4) is 0 Å². The zero-order chi connectivity index (χ0) is 26.5. The van der Waals surface area contributed by atoms with Gasteiger partial charge >= 0.3 is 7.60 Å². The predicted octanol–water partition coefficient (Wildman–Crippen LogP) is 8.10. The molecule has 0 fully saturated rings. The average molecular weight is 517 g/mol. The van der Waals surface area contributed by atoms with Gasteiger partial charge in [0.1, 0.15) is 6.54 Å². The summed E-state index contributed by atoms with van der Waals surface area (Å²) in [5.74, 6) is 0. The van der Waals surface area contributed by atoms with E-state index in [9.17, 15) is 19.5 Å². The van der Waals surface area contributed by atoms with Crippen molar-refractivity contribution in [2.45, 2.75) is 134 Å². The van der Waals surface area contributed by atoms with E-state index in [-0.39, 0.29) is 13.0 Å². The van der Waals surface area contributed by atoms with Gasteiger partial charge in [-0.3, -0.25) is 4.57 Å². The van der Waals surface area contributed by atoms with E-state index in [0.29, 0.717) is 10.9 Å². The maximum absolute atomic E-state index is 11.8. The molecule has 0 spiro atoms. The van der Waals surface area contributed by atoms with Crippen LogP contribution in [0.25, 0.3) is 0 Å². The van der Waals surface area contributed by atoms with Crippen molar-refractivity contribution in [3.05, 3.63) is 24.3 Å². The van der Waals surface area contributed by atoms with Crippen LogP contribution in [0, 0.1) is 0 Å². The number of allylic oxidation sites excluding steroid dienone is 4. The van der Waals surface area contributed by atoms with Gasteiger partial charge in [0.15, 0.2) is 0 Å². The van der Waals surface area contributed by atoms with E-state index in [2.05, 4.69) is 31.2 Å². The monoisotopic (exact) mass is 516 g/mol. The van der Waals surface area contributed by atoms with Gasteiger partial charge in [-0.1, -0.05) is 95.4 Å². The Morgan fingerprint density at radius 2 is 0.971 bits per heavy atom. The lowest BCUT2D eigenvalue weighted by molar-refractivity contribution is -0.875. The molecule has 0 radical (unpaired) electrons. The van der Waals surface area contributed by atoms with Gasteiger partial charge in [0.25, 0.3) is 0 Å².